The fraction of sp³-hybridized carbons (Fsp3) is 0.333. The Morgan fingerprint density at radius 3 is 2.59 bits per heavy atom. The van der Waals surface area contributed by atoms with Crippen LogP contribution in [-0.4, -0.2) is 28.5 Å². The third-order valence-corrected chi connectivity index (χ3v) is 5.75. The lowest BCUT2D eigenvalue weighted by molar-refractivity contribution is -0.126. The molecule has 2 heterocycles. The summed E-state index contributed by atoms with van der Waals surface area (Å²) in [4.78, 5) is 19.9. The van der Waals surface area contributed by atoms with Crippen molar-refractivity contribution in [2.75, 3.05) is 18.0 Å². The molecule has 1 aliphatic heterocycles. The molecule has 29 heavy (non-hydrogen) atoms. The first-order valence-electron chi connectivity index (χ1n) is 10.3. The number of aromatic nitrogens is 2. The first kappa shape index (κ1) is 19.2. The number of piperidine rings is 1. The van der Waals surface area contributed by atoms with Crippen molar-refractivity contribution in [1.82, 2.24) is 14.9 Å². The Kier molecular flexibility index (Phi) is 5.65. The van der Waals surface area contributed by atoms with Gasteiger partial charge in [0.25, 0.3) is 0 Å². The van der Waals surface area contributed by atoms with Gasteiger partial charge in [0, 0.05) is 25.6 Å². The van der Waals surface area contributed by atoms with Crippen molar-refractivity contribution in [3.8, 4) is 0 Å². The average molecular weight is 389 g/mol. The lowest BCUT2D eigenvalue weighted by atomic mass is 9.95. The van der Waals surface area contributed by atoms with Gasteiger partial charge >= 0.3 is 0 Å². The highest BCUT2D eigenvalue weighted by Crippen LogP contribution is 2.27. The number of para-hydroxylation sites is 2. The average Bonchev–Trinajstić information content (AvgIpc) is 3.13. The molecule has 4 rings (SSSR count). The molecule has 2 aromatic carbocycles. The predicted molar refractivity (Wildman–Crippen MR) is 118 cm³/mol. The van der Waals surface area contributed by atoms with E-state index in [0.717, 1.165) is 55.0 Å². The minimum Gasteiger partial charge on any atom is -0.349 e. The lowest BCUT2D eigenvalue weighted by Crippen LogP contribution is -2.42. The topological polar surface area (TPSA) is 50.2 Å². The number of anilines is 1. The van der Waals surface area contributed by atoms with Crippen LogP contribution in [0.5, 0.6) is 0 Å². The van der Waals surface area contributed by atoms with E-state index in [2.05, 4.69) is 39.6 Å². The monoisotopic (exact) mass is 388 g/mol. The van der Waals surface area contributed by atoms with Crippen LogP contribution in [0.4, 0.5) is 5.95 Å². The summed E-state index contributed by atoms with van der Waals surface area (Å²) in [5.74, 6) is 1.18. The molecule has 0 saturated carbocycles. The van der Waals surface area contributed by atoms with Crippen molar-refractivity contribution in [2.45, 2.75) is 32.4 Å². The third-order valence-electron chi connectivity index (χ3n) is 5.75. The minimum absolute atomic E-state index is 0.0264. The Bertz CT molecular complexity index is 987. The van der Waals surface area contributed by atoms with Gasteiger partial charge in [0.2, 0.25) is 11.9 Å². The van der Waals surface area contributed by atoms with Gasteiger partial charge in [-0.2, -0.15) is 0 Å². The summed E-state index contributed by atoms with van der Waals surface area (Å²) in [6.07, 6.45) is 3.58. The van der Waals surface area contributed by atoms with Crippen LogP contribution >= 0.6 is 0 Å². The largest absolute Gasteiger partial charge is 0.349 e. The smallest absolute Gasteiger partial charge is 0.223 e. The molecular weight excluding hydrogens is 360 g/mol. The highest BCUT2D eigenvalue weighted by molar-refractivity contribution is 5.80. The lowest BCUT2D eigenvalue weighted by Gasteiger charge is -2.32. The zero-order valence-corrected chi connectivity index (χ0v) is 16.9. The van der Waals surface area contributed by atoms with Gasteiger partial charge in [-0.1, -0.05) is 48.5 Å². The molecule has 1 fully saturated rings. The molecule has 0 spiro atoms. The summed E-state index contributed by atoms with van der Waals surface area (Å²) in [6.45, 7) is 8.33. The van der Waals surface area contributed by atoms with E-state index >= 15 is 0 Å². The van der Waals surface area contributed by atoms with Crippen molar-refractivity contribution in [2.24, 2.45) is 5.92 Å². The van der Waals surface area contributed by atoms with E-state index in [-0.39, 0.29) is 17.9 Å². The number of carbonyl (C=O) groups excluding carboxylic acids is 1. The van der Waals surface area contributed by atoms with Gasteiger partial charge in [0.15, 0.2) is 0 Å². The molecule has 0 unspecified atom stereocenters. The quantitative estimate of drug-likeness (QED) is 0.640. The molecule has 1 atom stereocenters. The molecule has 1 aromatic heterocycles. The Balaban J connectivity index is 1.42. The molecule has 1 aliphatic rings. The maximum absolute atomic E-state index is 12.8. The molecule has 5 nitrogen and oxygen atoms in total. The predicted octanol–water partition coefficient (Wildman–Crippen LogP) is 4.32. The Morgan fingerprint density at radius 2 is 1.86 bits per heavy atom. The Morgan fingerprint density at radius 1 is 1.17 bits per heavy atom. The SMILES string of the molecule is C=CCn1c(N2CCC(C(=O)N[C@@H](C)c3ccccc3)CC2)nc2ccccc21. The number of hydrogen-bond donors (Lipinski definition) is 1. The second-order valence-corrected chi connectivity index (χ2v) is 7.70. The van der Waals surface area contributed by atoms with Gasteiger partial charge in [-0.05, 0) is 37.5 Å². The van der Waals surface area contributed by atoms with Crippen molar-refractivity contribution >= 4 is 22.9 Å². The summed E-state index contributed by atoms with van der Waals surface area (Å²) in [6, 6.07) is 18.3. The van der Waals surface area contributed by atoms with E-state index in [9.17, 15) is 4.79 Å². The molecule has 0 aliphatic carbocycles. The molecule has 1 amide bonds. The number of nitrogens with one attached hydrogen (secondary N) is 1. The summed E-state index contributed by atoms with van der Waals surface area (Å²) in [5.41, 5.74) is 3.26. The van der Waals surface area contributed by atoms with Crippen LogP contribution in [-0.2, 0) is 11.3 Å². The highest BCUT2D eigenvalue weighted by Gasteiger charge is 2.28. The first-order valence-corrected chi connectivity index (χ1v) is 10.3. The zero-order valence-electron chi connectivity index (χ0n) is 16.9. The van der Waals surface area contributed by atoms with E-state index in [0.29, 0.717) is 0 Å². The number of imidazole rings is 1. The number of fused-ring (bicyclic) bond motifs is 1. The Labute approximate surface area is 172 Å². The van der Waals surface area contributed by atoms with Crippen molar-refractivity contribution in [1.29, 1.82) is 0 Å². The minimum atomic E-state index is 0.0264. The molecule has 0 bridgehead atoms. The number of nitrogens with zero attached hydrogens (tertiary/aromatic N) is 3. The van der Waals surface area contributed by atoms with Crippen molar-refractivity contribution in [3.63, 3.8) is 0 Å². The summed E-state index contributed by atoms with van der Waals surface area (Å²) in [5, 5.41) is 3.18. The van der Waals surface area contributed by atoms with Gasteiger partial charge in [0.1, 0.15) is 0 Å². The molecule has 0 radical (unpaired) electrons. The van der Waals surface area contributed by atoms with Crippen LogP contribution in [0.1, 0.15) is 31.4 Å². The van der Waals surface area contributed by atoms with Gasteiger partial charge in [-0.25, -0.2) is 4.98 Å². The number of benzene rings is 2. The van der Waals surface area contributed by atoms with Gasteiger partial charge in [-0.15, -0.1) is 6.58 Å². The standard InChI is InChI=1S/C24H28N4O/c1-3-15-28-22-12-8-7-11-21(22)26-24(28)27-16-13-20(14-17-27)23(29)25-18(2)19-9-5-4-6-10-19/h3-12,18,20H,1,13-17H2,2H3,(H,25,29)/t18-/m0/s1. The number of rotatable bonds is 6. The van der Waals surface area contributed by atoms with Crippen LogP contribution in [0, 0.1) is 5.92 Å². The normalized spacial score (nSPS) is 16.0. The van der Waals surface area contributed by atoms with Crippen LogP contribution in [0.25, 0.3) is 11.0 Å². The van der Waals surface area contributed by atoms with Crippen LogP contribution in [0.3, 0.4) is 0 Å². The number of amides is 1. The van der Waals surface area contributed by atoms with Crippen molar-refractivity contribution < 1.29 is 4.79 Å². The third kappa shape index (κ3) is 4.04. The molecule has 150 valence electrons. The zero-order chi connectivity index (χ0) is 20.2. The number of allylic oxidation sites excluding steroid dienone is 1. The van der Waals surface area contributed by atoms with E-state index in [1.165, 1.54) is 0 Å². The van der Waals surface area contributed by atoms with E-state index in [1.54, 1.807) is 0 Å². The van der Waals surface area contributed by atoms with E-state index in [4.69, 9.17) is 4.98 Å². The Hall–Kier alpha value is -3.08. The molecule has 1 N–H and O–H groups in total. The fourth-order valence-corrected chi connectivity index (χ4v) is 4.11. The first-order chi connectivity index (χ1) is 14.2. The summed E-state index contributed by atoms with van der Waals surface area (Å²) in [7, 11) is 0. The van der Waals surface area contributed by atoms with E-state index in [1.807, 2.05) is 49.4 Å². The van der Waals surface area contributed by atoms with Crippen LogP contribution < -0.4 is 10.2 Å². The summed E-state index contributed by atoms with van der Waals surface area (Å²) >= 11 is 0. The molecule has 1 saturated heterocycles. The van der Waals surface area contributed by atoms with Gasteiger partial charge < -0.3 is 14.8 Å². The number of carbonyl (C=O) groups is 1. The van der Waals surface area contributed by atoms with Gasteiger partial charge in [0.05, 0.1) is 17.1 Å². The fourth-order valence-electron chi connectivity index (χ4n) is 4.11. The maximum atomic E-state index is 12.8. The second kappa shape index (κ2) is 8.52. The number of hydrogen-bond acceptors (Lipinski definition) is 3. The second-order valence-electron chi connectivity index (χ2n) is 7.70. The van der Waals surface area contributed by atoms with Crippen LogP contribution in [0.2, 0.25) is 0 Å². The molecule has 5 heteroatoms. The van der Waals surface area contributed by atoms with Crippen LogP contribution in [0.15, 0.2) is 67.3 Å². The highest BCUT2D eigenvalue weighted by atomic mass is 16.1. The van der Waals surface area contributed by atoms with Crippen molar-refractivity contribution in [3.05, 3.63) is 72.8 Å². The van der Waals surface area contributed by atoms with Gasteiger partial charge in [-0.3, -0.25) is 4.79 Å². The molecular formula is C24H28N4O. The molecule has 3 aromatic rings. The van der Waals surface area contributed by atoms with E-state index < -0.39 is 0 Å². The summed E-state index contributed by atoms with van der Waals surface area (Å²) < 4.78 is 2.21. The maximum Gasteiger partial charge on any atom is 0.223 e.